The number of fused-ring (bicyclic) bond motifs is 1. The summed E-state index contributed by atoms with van der Waals surface area (Å²) >= 11 is 0. The molecule has 0 saturated carbocycles. The Hall–Kier alpha value is -1.90. The van der Waals surface area contributed by atoms with Gasteiger partial charge in [0, 0.05) is 31.8 Å². The monoisotopic (exact) mass is 377 g/mol. The zero-order valence-corrected chi connectivity index (χ0v) is 15.7. The number of nitrogens with zero attached hydrogens (tertiary/aromatic N) is 2. The van der Waals surface area contributed by atoms with Gasteiger partial charge in [0.15, 0.2) is 0 Å². The van der Waals surface area contributed by atoms with Crippen molar-refractivity contribution < 1.29 is 17.9 Å². The molecule has 8 heteroatoms. The Morgan fingerprint density at radius 1 is 1.35 bits per heavy atom. The Labute approximate surface area is 153 Å². The van der Waals surface area contributed by atoms with Crippen molar-refractivity contribution in [3.05, 3.63) is 41.7 Å². The van der Waals surface area contributed by atoms with Gasteiger partial charge in [0.25, 0.3) is 0 Å². The molecule has 0 spiro atoms. The van der Waals surface area contributed by atoms with Crippen molar-refractivity contribution in [3.8, 4) is 5.75 Å². The molecule has 1 aromatic carbocycles. The average molecular weight is 377 g/mol. The Morgan fingerprint density at radius 3 is 2.96 bits per heavy atom. The van der Waals surface area contributed by atoms with E-state index in [2.05, 4.69) is 9.82 Å². The van der Waals surface area contributed by atoms with Crippen LogP contribution in [0.2, 0.25) is 0 Å². The third-order valence-electron chi connectivity index (χ3n) is 4.86. The first-order valence-corrected chi connectivity index (χ1v) is 10.3. The Balaban J connectivity index is 1.57. The van der Waals surface area contributed by atoms with Gasteiger partial charge in [-0.2, -0.15) is 5.10 Å². The molecule has 140 valence electrons. The minimum atomic E-state index is -3.65. The van der Waals surface area contributed by atoms with Crippen LogP contribution in [0.25, 0.3) is 0 Å². The van der Waals surface area contributed by atoms with E-state index < -0.39 is 10.0 Å². The van der Waals surface area contributed by atoms with E-state index in [-0.39, 0.29) is 23.1 Å². The van der Waals surface area contributed by atoms with Crippen LogP contribution in [-0.2, 0) is 28.2 Å². The fraction of sp³-hybridized carbons (Fsp3) is 0.500. The lowest BCUT2D eigenvalue weighted by molar-refractivity contribution is -0.00446. The van der Waals surface area contributed by atoms with Crippen LogP contribution in [-0.4, -0.2) is 37.0 Å². The highest BCUT2D eigenvalue weighted by Gasteiger charge is 2.33. The van der Waals surface area contributed by atoms with E-state index in [1.165, 1.54) is 0 Å². The first-order valence-electron chi connectivity index (χ1n) is 8.84. The largest absolute Gasteiger partial charge is 0.490 e. The van der Waals surface area contributed by atoms with Crippen molar-refractivity contribution in [1.29, 1.82) is 0 Å². The Bertz CT molecular complexity index is 909. The van der Waals surface area contributed by atoms with Crippen LogP contribution in [0.1, 0.15) is 37.0 Å². The van der Waals surface area contributed by atoms with Crippen LogP contribution in [0.15, 0.2) is 35.5 Å². The van der Waals surface area contributed by atoms with Crippen molar-refractivity contribution in [2.75, 3.05) is 6.61 Å². The molecule has 2 aliphatic rings. The van der Waals surface area contributed by atoms with Crippen LogP contribution in [0.5, 0.6) is 5.75 Å². The maximum atomic E-state index is 12.9. The first kappa shape index (κ1) is 17.5. The second kappa shape index (κ2) is 6.68. The molecule has 2 aromatic rings. The zero-order chi connectivity index (χ0) is 18.3. The van der Waals surface area contributed by atoms with Crippen LogP contribution in [0.4, 0.5) is 0 Å². The lowest BCUT2D eigenvalue weighted by atomic mass is 9.99. The van der Waals surface area contributed by atoms with Crippen molar-refractivity contribution in [2.24, 2.45) is 7.05 Å². The zero-order valence-electron chi connectivity index (χ0n) is 14.9. The highest BCUT2D eigenvalue weighted by atomic mass is 32.2. The van der Waals surface area contributed by atoms with E-state index in [1.54, 1.807) is 29.1 Å². The second-order valence-electron chi connectivity index (χ2n) is 7.01. The van der Waals surface area contributed by atoms with Crippen molar-refractivity contribution in [1.82, 2.24) is 14.5 Å². The van der Waals surface area contributed by atoms with Crippen molar-refractivity contribution in [2.45, 2.75) is 49.3 Å². The summed E-state index contributed by atoms with van der Waals surface area (Å²) in [6.07, 6.45) is 5.62. The molecule has 4 rings (SSSR count). The number of hydrogen-bond donors (Lipinski definition) is 1. The summed E-state index contributed by atoms with van der Waals surface area (Å²) in [6.45, 7) is 2.59. The first-order chi connectivity index (χ1) is 12.4. The van der Waals surface area contributed by atoms with E-state index in [1.807, 2.05) is 20.2 Å². The van der Waals surface area contributed by atoms with Crippen LogP contribution >= 0.6 is 0 Å². The van der Waals surface area contributed by atoms with Crippen molar-refractivity contribution >= 4 is 10.0 Å². The number of rotatable bonds is 4. The van der Waals surface area contributed by atoms with Gasteiger partial charge in [-0.3, -0.25) is 4.68 Å². The molecule has 3 heterocycles. The molecule has 26 heavy (non-hydrogen) atoms. The molecule has 0 unspecified atom stereocenters. The van der Waals surface area contributed by atoms with Crippen LogP contribution in [0.3, 0.4) is 0 Å². The molecule has 2 aliphatic heterocycles. The number of nitrogens with one attached hydrogen (secondary N) is 1. The summed E-state index contributed by atoms with van der Waals surface area (Å²) in [5.41, 5.74) is 1.82. The maximum absolute atomic E-state index is 12.9. The summed E-state index contributed by atoms with van der Waals surface area (Å²) in [7, 11) is -1.81. The highest BCUT2D eigenvalue weighted by Crippen LogP contribution is 2.32. The molecule has 1 N–H and O–H groups in total. The number of benzene rings is 1. The predicted molar refractivity (Wildman–Crippen MR) is 95.5 cm³/mol. The second-order valence-corrected chi connectivity index (χ2v) is 8.72. The SMILES string of the molecule is C[C@H]1Cc2cc(S(=O)(=O)N[C@H]3CCCO[C@@H]3c3cnn(C)c3)ccc2O1. The normalized spacial score (nSPS) is 25.7. The molecule has 1 saturated heterocycles. The van der Waals surface area contributed by atoms with Crippen LogP contribution in [0, 0.1) is 0 Å². The molecule has 0 radical (unpaired) electrons. The fourth-order valence-corrected chi connectivity index (χ4v) is 4.97. The van der Waals surface area contributed by atoms with Gasteiger partial charge in [0.05, 0.1) is 17.1 Å². The van der Waals surface area contributed by atoms with E-state index in [9.17, 15) is 8.42 Å². The molecule has 1 fully saturated rings. The minimum absolute atomic E-state index is 0.0811. The lowest BCUT2D eigenvalue weighted by Gasteiger charge is -2.31. The minimum Gasteiger partial charge on any atom is -0.490 e. The third kappa shape index (κ3) is 3.36. The lowest BCUT2D eigenvalue weighted by Crippen LogP contribution is -2.42. The number of aryl methyl sites for hydroxylation is 1. The van der Waals surface area contributed by atoms with E-state index in [0.717, 1.165) is 36.1 Å². The van der Waals surface area contributed by atoms with Crippen molar-refractivity contribution in [3.63, 3.8) is 0 Å². The van der Waals surface area contributed by atoms with Gasteiger partial charge in [-0.15, -0.1) is 0 Å². The van der Waals surface area contributed by atoms with E-state index >= 15 is 0 Å². The summed E-state index contributed by atoms with van der Waals surface area (Å²) in [5, 5.41) is 4.17. The highest BCUT2D eigenvalue weighted by molar-refractivity contribution is 7.89. The molecular weight excluding hydrogens is 354 g/mol. The standard InChI is InChI=1S/C18H23N3O4S/c1-12-8-13-9-15(5-6-17(13)25-12)26(22,23)20-16-4-3-7-24-18(16)14-10-19-21(2)11-14/h5-6,9-12,16,18,20H,3-4,7-8H2,1-2H3/t12-,16-,18+/m0/s1. The van der Waals surface area contributed by atoms with Gasteiger partial charge >= 0.3 is 0 Å². The average Bonchev–Trinajstić information content (AvgIpc) is 3.18. The molecule has 1 aromatic heterocycles. The number of hydrogen-bond acceptors (Lipinski definition) is 5. The van der Waals surface area contributed by atoms with Gasteiger partial charge in [0.1, 0.15) is 18.0 Å². The smallest absolute Gasteiger partial charge is 0.240 e. The fourth-order valence-electron chi connectivity index (χ4n) is 3.65. The number of aromatic nitrogens is 2. The molecular formula is C18H23N3O4S. The van der Waals surface area contributed by atoms with E-state index in [4.69, 9.17) is 9.47 Å². The number of sulfonamides is 1. The number of ether oxygens (including phenoxy) is 2. The summed E-state index contributed by atoms with van der Waals surface area (Å²) in [5.74, 6) is 0.769. The molecule has 0 bridgehead atoms. The van der Waals surface area contributed by atoms with Gasteiger partial charge in [0.2, 0.25) is 10.0 Å². The van der Waals surface area contributed by atoms with E-state index in [0.29, 0.717) is 6.61 Å². The summed E-state index contributed by atoms with van der Waals surface area (Å²) < 4.78 is 41.9. The predicted octanol–water partition coefficient (Wildman–Crippen LogP) is 1.94. The third-order valence-corrected chi connectivity index (χ3v) is 6.35. The van der Waals surface area contributed by atoms with Gasteiger partial charge in [-0.05, 0) is 43.5 Å². The molecule has 0 aliphatic carbocycles. The summed E-state index contributed by atoms with van der Waals surface area (Å²) in [6, 6.07) is 4.73. The molecule has 0 amide bonds. The molecule has 3 atom stereocenters. The van der Waals surface area contributed by atoms with Gasteiger partial charge < -0.3 is 9.47 Å². The van der Waals surface area contributed by atoms with Gasteiger partial charge in [-0.1, -0.05) is 0 Å². The Morgan fingerprint density at radius 2 is 2.19 bits per heavy atom. The molecule has 7 nitrogen and oxygen atoms in total. The maximum Gasteiger partial charge on any atom is 0.240 e. The quantitative estimate of drug-likeness (QED) is 0.881. The van der Waals surface area contributed by atoms with Gasteiger partial charge in [-0.25, -0.2) is 13.1 Å². The Kier molecular flexibility index (Phi) is 4.50. The van der Waals surface area contributed by atoms with Crippen LogP contribution < -0.4 is 9.46 Å². The summed E-state index contributed by atoms with van der Waals surface area (Å²) in [4.78, 5) is 0.268. The topological polar surface area (TPSA) is 82.5 Å².